The lowest BCUT2D eigenvalue weighted by Crippen LogP contribution is -2.25. The van der Waals surface area contributed by atoms with Crippen LogP contribution in [0.4, 0.5) is 35.1 Å². The fourth-order valence-corrected chi connectivity index (χ4v) is 4.08. The molecule has 0 heterocycles. The number of halogens is 8. The topological polar surface area (TPSA) is 18.5 Å². The van der Waals surface area contributed by atoms with Crippen molar-refractivity contribution in [2.24, 2.45) is 0 Å². The molecule has 0 amide bonds. The zero-order valence-electron chi connectivity index (χ0n) is 20.3. The normalized spacial score (nSPS) is 11.5. The Bertz CT molecular complexity index is 1440. The van der Waals surface area contributed by atoms with E-state index in [1.54, 1.807) is 0 Å². The van der Waals surface area contributed by atoms with E-state index in [1.807, 2.05) is 31.2 Å². The molecule has 0 aliphatic rings. The zero-order valence-corrected chi connectivity index (χ0v) is 20.3. The Balaban J connectivity index is 1.62. The quantitative estimate of drug-likeness (QED) is 0.193. The summed E-state index contributed by atoms with van der Waals surface area (Å²) in [5.74, 6) is -9.91. The summed E-state index contributed by atoms with van der Waals surface area (Å²) in [4.78, 5) is 0. The Morgan fingerprint density at radius 3 is 1.77 bits per heavy atom. The molecule has 0 bridgehead atoms. The van der Waals surface area contributed by atoms with Crippen LogP contribution < -0.4 is 9.47 Å². The van der Waals surface area contributed by atoms with Crippen molar-refractivity contribution in [3.05, 3.63) is 107 Å². The smallest absolute Gasteiger partial charge is 0.432 e. The van der Waals surface area contributed by atoms with Crippen LogP contribution in [0, 0.1) is 29.1 Å². The summed E-state index contributed by atoms with van der Waals surface area (Å²) >= 11 is 0. The summed E-state index contributed by atoms with van der Waals surface area (Å²) in [5.41, 5.74) is -0.149. The van der Waals surface area contributed by atoms with Gasteiger partial charge in [0.25, 0.3) is 0 Å². The lowest BCUT2D eigenvalue weighted by molar-refractivity contribution is -0.189. The Morgan fingerprint density at radius 2 is 1.23 bits per heavy atom. The van der Waals surface area contributed by atoms with Gasteiger partial charge in [-0.25, -0.2) is 26.3 Å². The standard InChI is InChI=1S/C29H20F8O2/c1-2-3-16-4-6-17(7-5-16)18-8-9-21(22(31)10-18)19-11-23(32)27(24(33)12-19)29(36,37)39-20-13-25(34)28(38-15-30)26(35)14-20/h4-14H,2-3,15H2,1H3. The molecule has 204 valence electrons. The molecule has 10 heteroatoms. The fraction of sp³-hybridized carbons (Fsp3) is 0.172. The van der Waals surface area contributed by atoms with Gasteiger partial charge in [0.1, 0.15) is 28.8 Å². The number of hydrogen-bond donors (Lipinski definition) is 0. The van der Waals surface area contributed by atoms with Gasteiger partial charge in [0, 0.05) is 17.7 Å². The van der Waals surface area contributed by atoms with Gasteiger partial charge in [-0.2, -0.15) is 8.78 Å². The van der Waals surface area contributed by atoms with E-state index in [0.717, 1.165) is 24.5 Å². The number of aryl methyl sites for hydroxylation is 1. The molecule has 0 radical (unpaired) electrons. The van der Waals surface area contributed by atoms with E-state index in [4.69, 9.17) is 0 Å². The summed E-state index contributed by atoms with van der Waals surface area (Å²) in [6, 6.07) is 12.8. The highest BCUT2D eigenvalue weighted by Gasteiger charge is 2.41. The van der Waals surface area contributed by atoms with Crippen molar-refractivity contribution in [3.8, 4) is 33.8 Å². The Hall–Kier alpha value is -4.08. The number of benzene rings is 4. The van der Waals surface area contributed by atoms with Gasteiger partial charge >= 0.3 is 6.11 Å². The minimum Gasteiger partial charge on any atom is -0.457 e. The maximum Gasteiger partial charge on any atom is 0.432 e. The molecule has 0 spiro atoms. The molecule has 0 saturated carbocycles. The average Bonchev–Trinajstić information content (AvgIpc) is 2.86. The van der Waals surface area contributed by atoms with Gasteiger partial charge in [-0.15, -0.1) is 0 Å². The number of hydrogen-bond acceptors (Lipinski definition) is 2. The lowest BCUT2D eigenvalue weighted by Gasteiger charge is -2.20. The summed E-state index contributed by atoms with van der Waals surface area (Å²) in [6.07, 6.45) is -2.88. The second-order valence-corrected chi connectivity index (χ2v) is 8.54. The first kappa shape index (κ1) is 27.9. The molecule has 0 aromatic heterocycles. The molecule has 39 heavy (non-hydrogen) atoms. The summed E-state index contributed by atoms with van der Waals surface area (Å²) in [7, 11) is 0. The summed E-state index contributed by atoms with van der Waals surface area (Å²) in [6.45, 7) is 0.449. The van der Waals surface area contributed by atoms with E-state index in [2.05, 4.69) is 9.47 Å². The molecule has 4 aromatic rings. The molecule has 0 unspecified atom stereocenters. The van der Waals surface area contributed by atoms with Gasteiger partial charge < -0.3 is 9.47 Å². The predicted molar refractivity (Wildman–Crippen MR) is 129 cm³/mol. The van der Waals surface area contributed by atoms with Crippen molar-refractivity contribution in [3.63, 3.8) is 0 Å². The summed E-state index contributed by atoms with van der Waals surface area (Å²) < 4.78 is 122. The summed E-state index contributed by atoms with van der Waals surface area (Å²) in [5, 5.41) is 0. The highest BCUT2D eigenvalue weighted by Crippen LogP contribution is 2.39. The Labute approximate surface area is 218 Å². The zero-order chi connectivity index (χ0) is 28.3. The highest BCUT2D eigenvalue weighted by atomic mass is 19.3. The Kier molecular flexibility index (Phi) is 8.13. The SMILES string of the molecule is CCCc1ccc(-c2ccc(-c3cc(F)c(C(F)(F)Oc4cc(F)c(OCF)c(F)c4)c(F)c3)c(F)c2)cc1. The maximum absolute atomic E-state index is 14.9. The Morgan fingerprint density at radius 1 is 0.667 bits per heavy atom. The van der Waals surface area contributed by atoms with Crippen LogP contribution in [-0.2, 0) is 12.5 Å². The van der Waals surface area contributed by atoms with Crippen molar-refractivity contribution in [2.45, 2.75) is 25.9 Å². The van der Waals surface area contributed by atoms with Crippen molar-refractivity contribution in [1.82, 2.24) is 0 Å². The van der Waals surface area contributed by atoms with Gasteiger partial charge in [-0.3, -0.25) is 0 Å². The van der Waals surface area contributed by atoms with Gasteiger partial charge in [0.15, 0.2) is 17.4 Å². The average molecular weight is 552 g/mol. The first-order valence-corrected chi connectivity index (χ1v) is 11.7. The molecule has 0 atom stereocenters. The first-order chi connectivity index (χ1) is 18.5. The van der Waals surface area contributed by atoms with Crippen LogP contribution in [0.1, 0.15) is 24.5 Å². The third-order valence-electron chi connectivity index (χ3n) is 5.86. The largest absolute Gasteiger partial charge is 0.457 e. The molecule has 0 saturated heterocycles. The van der Waals surface area contributed by atoms with Crippen LogP contribution in [0.15, 0.2) is 66.7 Å². The molecule has 0 fully saturated rings. The minimum atomic E-state index is -4.74. The van der Waals surface area contributed by atoms with Crippen molar-refractivity contribution in [2.75, 3.05) is 6.86 Å². The molecule has 2 nitrogen and oxygen atoms in total. The highest BCUT2D eigenvalue weighted by molar-refractivity contribution is 5.71. The molecule has 0 N–H and O–H groups in total. The predicted octanol–water partition coefficient (Wildman–Crippen LogP) is 9.10. The third kappa shape index (κ3) is 6.00. The van der Waals surface area contributed by atoms with E-state index >= 15 is 0 Å². The first-order valence-electron chi connectivity index (χ1n) is 11.7. The van der Waals surface area contributed by atoms with E-state index < -0.39 is 59.1 Å². The van der Waals surface area contributed by atoms with Crippen molar-refractivity contribution in [1.29, 1.82) is 0 Å². The van der Waals surface area contributed by atoms with Gasteiger partial charge in [-0.1, -0.05) is 49.7 Å². The second-order valence-electron chi connectivity index (χ2n) is 8.54. The monoisotopic (exact) mass is 552 g/mol. The van der Waals surface area contributed by atoms with Gasteiger partial charge in [0.05, 0.1) is 0 Å². The van der Waals surface area contributed by atoms with Crippen molar-refractivity contribution < 1.29 is 44.6 Å². The molecular formula is C29H20F8O2. The maximum atomic E-state index is 14.9. The number of ether oxygens (including phenoxy) is 2. The van der Waals surface area contributed by atoms with E-state index in [0.29, 0.717) is 23.3 Å². The molecular weight excluding hydrogens is 532 g/mol. The number of rotatable bonds is 9. The van der Waals surface area contributed by atoms with Gasteiger partial charge in [0.2, 0.25) is 6.86 Å². The van der Waals surface area contributed by atoms with E-state index in [-0.39, 0.29) is 23.3 Å². The van der Waals surface area contributed by atoms with Crippen LogP contribution in [0.25, 0.3) is 22.3 Å². The molecule has 0 aliphatic heterocycles. The van der Waals surface area contributed by atoms with Crippen LogP contribution >= 0.6 is 0 Å². The minimum absolute atomic E-state index is 0.237. The molecule has 4 rings (SSSR count). The van der Waals surface area contributed by atoms with Gasteiger partial charge in [-0.05, 0) is 46.9 Å². The van der Waals surface area contributed by atoms with Crippen LogP contribution in [-0.4, -0.2) is 6.86 Å². The van der Waals surface area contributed by atoms with Crippen LogP contribution in [0.3, 0.4) is 0 Å². The third-order valence-corrected chi connectivity index (χ3v) is 5.86. The van der Waals surface area contributed by atoms with E-state index in [1.165, 1.54) is 12.1 Å². The van der Waals surface area contributed by atoms with Crippen molar-refractivity contribution >= 4 is 0 Å². The lowest BCUT2D eigenvalue weighted by atomic mass is 9.97. The molecule has 4 aromatic carbocycles. The fourth-order valence-electron chi connectivity index (χ4n) is 4.08. The number of alkyl halides is 3. The van der Waals surface area contributed by atoms with Crippen LogP contribution in [0.5, 0.6) is 11.5 Å². The molecule has 0 aliphatic carbocycles. The second kappa shape index (κ2) is 11.3. The van der Waals surface area contributed by atoms with Crippen LogP contribution in [0.2, 0.25) is 0 Å². The van der Waals surface area contributed by atoms with E-state index in [9.17, 15) is 35.1 Å².